The summed E-state index contributed by atoms with van der Waals surface area (Å²) < 4.78 is 39.6. The van der Waals surface area contributed by atoms with Gasteiger partial charge in [-0.2, -0.15) is 27.8 Å². The predicted molar refractivity (Wildman–Crippen MR) is 85.0 cm³/mol. The largest absolute Gasteiger partial charge is 0.416 e. The van der Waals surface area contributed by atoms with E-state index in [1.165, 1.54) is 23.0 Å². The van der Waals surface area contributed by atoms with Crippen molar-refractivity contribution in [3.8, 4) is 0 Å². The number of halogens is 3. The van der Waals surface area contributed by atoms with Crippen molar-refractivity contribution in [1.82, 2.24) is 19.6 Å². The topological polar surface area (TPSA) is 75.3 Å². The second-order valence-corrected chi connectivity index (χ2v) is 5.74. The van der Waals surface area contributed by atoms with E-state index in [0.717, 1.165) is 12.1 Å². The molecule has 0 fully saturated rings. The average molecular weight is 351 g/mol. The molecule has 0 spiro atoms. The SMILES string of the molecule is Cc1cc(NC(c2ccc(C(F)(F)F)cc2)[C@H](C)O)n2ncnc2n1. The number of benzene rings is 1. The Balaban J connectivity index is 1.95. The molecule has 2 aromatic heterocycles. The molecule has 6 nitrogen and oxygen atoms in total. The number of nitrogens with zero attached hydrogens (tertiary/aromatic N) is 4. The van der Waals surface area contributed by atoms with E-state index in [1.54, 1.807) is 19.9 Å². The molecule has 0 saturated carbocycles. The van der Waals surface area contributed by atoms with Crippen molar-refractivity contribution in [2.24, 2.45) is 0 Å². The van der Waals surface area contributed by atoms with Gasteiger partial charge in [-0.3, -0.25) is 0 Å². The Bertz CT molecular complexity index is 874. The minimum atomic E-state index is -4.40. The van der Waals surface area contributed by atoms with Gasteiger partial charge >= 0.3 is 6.18 Å². The third-order valence-electron chi connectivity index (χ3n) is 3.76. The van der Waals surface area contributed by atoms with Crippen LogP contribution in [0.25, 0.3) is 5.78 Å². The zero-order valence-electron chi connectivity index (χ0n) is 13.5. The van der Waals surface area contributed by atoms with Crippen molar-refractivity contribution in [2.75, 3.05) is 5.32 Å². The third kappa shape index (κ3) is 3.55. The second kappa shape index (κ2) is 6.32. The van der Waals surface area contributed by atoms with Crippen LogP contribution >= 0.6 is 0 Å². The molecular formula is C16H16F3N5O. The van der Waals surface area contributed by atoms with Crippen LogP contribution in [0.15, 0.2) is 36.7 Å². The molecule has 1 aromatic carbocycles. The molecule has 2 heterocycles. The van der Waals surface area contributed by atoms with Crippen molar-refractivity contribution < 1.29 is 18.3 Å². The number of aryl methyl sites for hydroxylation is 1. The fraction of sp³-hybridized carbons (Fsp3) is 0.312. The minimum Gasteiger partial charge on any atom is -0.391 e. The average Bonchev–Trinajstić information content (AvgIpc) is 2.99. The third-order valence-corrected chi connectivity index (χ3v) is 3.76. The van der Waals surface area contributed by atoms with Gasteiger partial charge in [0.25, 0.3) is 5.78 Å². The van der Waals surface area contributed by atoms with Gasteiger partial charge in [-0.1, -0.05) is 12.1 Å². The van der Waals surface area contributed by atoms with Crippen LogP contribution in [0, 0.1) is 6.92 Å². The number of alkyl halides is 3. The Labute approximate surface area is 141 Å². The summed E-state index contributed by atoms with van der Waals surface area (Å²) in [7, 11) is 0. The molecule has 2 atom stereocenters. The van der Waals surface area contributed by atoms with Crippen molar-refractivity contribution in [3.63, 3.8) is 0 Å². The highest BCUT2D eigenvalue weighted by atomic mass is 19.4. The van der Waals surface area contributed by atoms with Crippen molar-refractivity contribution >= 4 is 11.6 Å². The maximum Gasteiger partial charge on any atom is 0.416 e. The number of aromatic nitrogens is 4. The molecule has 0 radical (unpaired) electrons. The van der Waals surface area contributed by atoms with Crippen LogP contribution in [0.4, 0.5) is 19.0 Å². The van der Waals surface area contributed by atoms with E-state index in [2.05, 4.69) is 20.4 Å². The monoisotopic (exact) mass is 351 g/mol. The normalized spacial score (nSPS) is 14.5. The lowest BCUT2D eigenvalue weighted by Gasteiger charge is -2.23. The van der Waals surface area contributed by atoms with Crippen LogP contribution in [0.3, 0.4) is 0 Å². The Morgan fingerprint density at radius 1 is 1.20 bits per heavy atom. The summed E-state index contributed by atoms with van der Waals surface area (Å²) in [6.07, 6.45) is -3.91. The van der Waals surface area contributed by atoms with Gasteiger partial charge in [-0.25, -0.2) is 4.98 Å². The van der Waals surface area contributed by atoms with Crippen molar-refractivity contribution in [2.45, 2.75) is 32.2 Å². The maximum atomic E-state index is 12.7. The lowest BCUT2D eigenvalue weighted by molar-refractivity contribution is -0.137. The van der Waals surface area contributed by atoms with Gasteiger partial charge in [-0.15, -0.1) is 0 Å². The highest BCUT2D eigenvalue weighted by Crippen LogP contribution is 2.31. The van der Waals surface area contributed by atoms with Gasteiger partial charge in [-0.05, 0) is 31.5 Å². The van der Waals surface area contributed by atoms with Gasteiger partial charge in [0.05, 0.1) is 17.7 Å². The molecule has 132 valence electrons. The first kappa shape index (κ1) is 17.2. The number of hydrogen-bond acceptors (Lipinski definition) is 5. The van der Waals surface area contributed by atoms with E-state index in [1.807, 2.05) is 0 Å². The Morgan fingerprint density at radius 2 is 1.88 bits per heavy atom. The number of fused-ring (bicyclic) bond motifs is 1. The van der Waals surface area contributed by atoms with Crippen LogP contribution in [0.5, 0.6) is 0 Å². The number of hydrogen-bond donors (Lipinski definition) is 2. The summed E-state index contributed by atoms with van der Waals surface area (Å²) in [5.74, 6) is 0.921. The molecule has 9 heteroatoms. The molecule has 0 saturated heterocycles. The molecule has 1 unspecified atom stereocenters. The van der Waals surface area contributed by atoms with Gasteiger partial charge < -0.3 is 10.4 Å². The first-order valence-electron chi connectivity index (χ1n) is 7.55. The molecule has 0 amide bonds. The fourth-order valence-corrected chi connectivity index (χ4v) is 2.55. The highest BCUT2D eigenvalue weighted by molar-refractivity contribution is 5.47. The predicted octanol–water partition coefficient (Wildman–Crippen LogP) is 2.99. The molecular weight excluding hydrogens is 335 g/mol. The number of nitrogens with one attached hydrogen (secondary N) is 1. The number of aliphatic hydroxyl groups is 1. The second-order valence-electron chi connectivity index (χ2n) is 5.74. The van der Waals surface area contributed by atoms with E-state index in [4.69, 9.17) is 0 Å². The highest BCUT2D eigenvalue weighted by Gasteiger charge is 2.30. The van der Waals surface area contributed by atoms with E-state index in [9.17, 15) is 18.3 Å². The van der Waals surface area contributed by atoms with Gasteiger partial charge in [0.1, 0.15) is 12.1 Å². The van der Waals surface area contributed by atoms with E-state index < -0.39 is 23.9 Å². The summed E-state index contributed by atoms with van der Waals surface area (Å²) in [6.45, 7) is 3.34. The summed E-state index contributed by atoms with van der Waals surface area (Å²) >= 11 is 0. The molecule has 3 aromatic rings. The minimum absolute atomic E-state index is 0.388. The molecule has 3 rings (SSSR count). The fourth-order valence-electron chi connectivity index (χ4n) is 2.55. The summed E-state index contributed by atoms with van der Waals surface area (Å²) in [5, 5.41) is 17.3. The van der Waals surface area contributed by atoms with Crippen LogP contribution < -0.4 is 5.32 Å². The Hall–Kier alpha value is -2.68. The van der Waals surface area contributed by atoms with Crippen LogP contribution in [-0.4, -0.2) is 30.8 Å². The lowest BCUT2D eigenvalue weighted by Crippen LogP contribution is -2.24. The van der Waals surface area contributed by atoms with Crippen molar-refractivity contribution in [1.29, 1.82) is 0 Å². The van der Waals surface area contributed by atoms with Gasteiger partial charge in [0, 0.05) is 11.8 Å². The van der Waals surface area contributed by atoms with Crippen LogP contribution in [0.1, 0.15) is 29.8 Å². The quantitative estimate of drug-likeness (QED) is 0.756. The number of aliphatic hydroxyl groups excluding tert-OH is 1. The molecule has 0 bridgehead atoms. The number of rotatable bonds is 4. The summed E-state index contributed by atoms with van der Waals surface area (Å²) in [4.78, 5) is 8.24. The number of anilines is 1. The maximum absolute atomic E-state index is 12.7. The van der Waals surface area contributed by atoms with E-state index >= 15 is 0 Å². The standard InChI is InChI=1S/C16H16F3N5O/c1-9-7-13(24-15(22-9)20-8-21-24)23-14(10(2)25)11-3-5-12(6-4-11)16(17,18)19/h3-8,10,14,23,25H,1-2H3/t10-,14?/m0/s1. The van der Waals surface area contributed by atoms with E-state index in [-0.39, 0.29) is 0 Å². The Morgan fingerprint density at radius 3 is 2.48 bits per heavy atom. The van der Waals surface area contributed by atoms with Gasteiger partial charge in [0.15, 0.2) is 0 Å². The molecule has 0 aliphatic carbocycles. The summed E-state index contributed by atoms with van der Waals surface area (Å²) in [6, 6.07) is 5.78. The van der Waals surface area contributed by atoms with Crippen molar-refractivity contribution in [3.05, 3.63) is 53.5 Å². The smallest absolute Gasteiger partial charge is 0.391 e. The van der Waals surface area contributed by atoms with E-state index in [0.29, 0.717) is 22.9 Å². The van der Waals surface area contributed by atoms with Crippen LogP contribution in [0.2, 0.25) is 0 Å². The Kier molecular flexibility index (Phi) is 4.34. The zero-order chi connectivity index (χ0) is 18.2. The lowest BCUT2D eigenvalue weighted by atomic mass is 10.0. The van der Waals surface area contributed by atoms with Crippen LogP contribution in [-0.2, 0) is 6.18 Å². The first-order chi connectivity index (χ1) is 11.8. The molecule has 0 aliphatic rings. The summed E-state index contributed by atoms with van der Waals surface area (Å²) in [5.41, 5.74) is 0.476. The zero-order valence-corrected chi connectivity index (χ0v) is 13.5. The van der Waals surface area contributed by atoms with Gasteiger partial charge in [0.2, 0.25) is 0 Å². The molecule has 25 heavy (non-hydrogen) atoms. The molecule has 0 aliphatic heterocycles. The first-order valence-corrected chi connectivity index (χ1v) is 7.55. The molecule has 2 N–H and O–H groups in total.